The molecule has 31 heavy (non-hydrogen) atoms. The maximum atomic E-state index is 13.4. The number of carbonyl (C=O) groups excluding carboxylic acids is 1. The fraction of sp³-hybridized carbons (Fsp3) is 0.280. The zero-order valence-corrected chi connectivity index (χ0v) is 18.4. The van der Waals surface area contributed by atoms with Crippen molar-refractivity contribution >= 4 is 16.8 Å². The first-order valence-corrected chi connectivity index (χ1v) is 10.6. The number of imidazole rings is 1. The molecule has 0 aliphatic rings. The van der Waals surface area contributed by atoms with Crippen LogP contribution in [0.1, 0.15) is 47.9 Å². The molecular weight excluding hydrogens is 388 g/mol. The molecule has 4 aromatic rings. The molecule has 160 valence electrons. The highest BCUT2D eigenvalue weighted by molar-refractivity contribution is 6.09. The normalized spacial score (nSPS) is 12.1. The van der Waals surface area contributed by atoms with Crippen molar-refractivity contribution in [2.75, 3.05) is 7.11 Å². The molecule has 2 aromatic carbocycles. The van der Waals surface area contributed by atoms with E-state index in [-0.39, 0.29) is 11.9 Å². The van der Waals surface area contributed by atoms with E-state index in [1.807, 2.05) is 67.1 Å². The zero-order chi connectivity index (χ0) is 22.0. The molecule has 1 atom stereocenters. The lowest BCUT2D eigenvalue weighted by Gasteiger charge is -2.15. The van der Waals surface area contributed by atoms with Gasteiger partial charge in [0.05, 0.1) is 25.0 Å². The lowest BCUT2D eigenvalue weighted by molar-refractivity contribution is 0.0940. The van der Waals surface area contributed by atoms with Gasteiger partial charge in [-0.3, -0.25) is 4.79 Å². The average molecular weight is 417 g/mol. The Labute approximate surface area is 182 Å². The predicted octanol–water partition coefficient (Wildman–Crippen LogP) is 5.05. The third-order valence-electron chi connectivity index (χ3n) is 5.75. The van der Waals surface area contributed by atoms with Crippen LogP contribution < -0.4 is 10.1 Å². The second-order valence-electron chi connectivity index (χ2n) is 7.75. The number of aryl methyl sites for hydroxylation is 1. The molecule has 0 saturated heterocycles. The lowest BCUT2D eigenvalue weighted by Crippen LogP contribution is -2.27. The summed E-state index contributed by atoms with van der Waals surface area (Å²) >= 11 is 0. The minimum Gasteiger partial charge on any atom is -0.497 e. The molecule has 1 N–H and O–H groups in total. The number of aromatic nitrogens is 3. The average Bonchev–Trinajstić information content (AvgIpc) is 3.41. The van der Waals surface area contributed by atoms with Gasteiger partial charge in [-0.15, -0.1) is 0 Å². The summed E-state index contributed by atoms with van der Waals surface area (Å²) in [7, 11) is 1.65. The Morgan fingerprint density at radius 3 is 2.61 bits per heavy atom. The molecule has 0 bridgehead atoms. The van der Waals surface area contributed by atoms with Gasteiger partial charge in [-0.25, -0.2) is 4.98 Å². The quantitative estimate of drug-likeness (QED) is 0.459. The molecule has 4 rings (SSSR count). The molecule has 1 amide bonds. The van der Waals surface area contributed by atoms with Crippen LogP contribution in [-0.4, -0.2) is 27.1 Å². The van der Waals surface area contributed by atoms with Crippen LogP contribution in [0.5, 0.6) is 5.75 Å². The van der Waals surface area contributed by atoms with Crippen molar-refractivity contribution in [3.05, 3.63) is 78.0 Å². The summed E-state index contributed by atoms with van der Waals surface area (Å²) in [5.74, 6) is 0.676. The van der Waals surface area contributed by atoms with E-state index < -0.39 is 0 Å². The number of benzene rings is 2. The van der Waals surface area contributed by atoms with Crippen LogP contribution in [0, 0.1) is 6.92 Å². The number of methoxy groups -OCH3 is 1. The number of fused-ring (bicyclic) bond motifs is 1. The van der Waals surface area contributed by atoms with Crippen LogP contribution in [-0.2, 0) is 6.54 Å². The minimum absolute atomic E-state index is 0.0724. The lowest BCUT2D eigenvalue weighted by atomic mass is 10.1. The molecule has 0 aliphatic carbocycles. The largest absolute Gasteiger partial charge is 0.497 e. The number of nitrogens with one attached hydrogen (secondary N) is 1. The van der Waals surface area contributed by atoms with E-state index in [1.165, 1.54) is 0 Å². The summed E-state index contributed by atoms with van der Waals surface area (Å²) in [6.07, 6.45) is 6.42. The van der Waals surface area contributed by atoms with E-state index in [4.69, 9.17) is 4.74 Å². The second-order valence-corrected chi connectivity index (χ2v) is 7.75. The van der Waals surface area contributed by atoms with Crippen molar-refractivity contribution in [2.24, 2.45) is 0 Å². The number of amides is 1. The Morgan fingerprint density at radius 1 is 1.19 bits per heavy atom. The minimum atomic E-state index is -0.126. The maximum Gasteiger partial charge on any atom is 0.254 e. The van der Waals surface area contributed by atoms with E-state index in [9.17, 15) is 4.79 Å². The molecular formula is C25H28N4O2. The van der Waals surface area contributed by atoms with Gasteiger partial charge < -0.3 is 19.2 Å². The van der Waals surface area contributed by atoms with Crippen LogP contribution in [0.4, 0.5) is 0 Å². The van der Waals surface area contributed by atoms with Crippen molar-refractivity contribution in [1.29, 1.82) is 0 Å². The van der Waals surface area contributed by atoms with Crippen molar-refractivity contribution in [1.82, 2.24) is 19.4 Å². The number of nitrogens with zero attached hydrogens (tertiary/aromatic N) is 3. The standard InChI is InChI=1S/C25H28N4O2/c1-5-13-29-18(3)24(22-15-21(31-4)10-11-23(22)29)25(30)27-17(2)19-6-8-20(9-7-19)28-14-12-26-16-28/h6-12,14-17H,5,13H2,1-4H3,(H,27,30)/t17-/m0/s1. The molecule has 6 nitrogen and oxygen atoms in total. The van der Waals surface area contributed by atoms with E-state index in [2.05, 4.69) is 21.8 Å². The maximum absolute atomic E-state index is 13.4. The van der Waals surface area contributed by atoms with Gasteiger partial charge in [0.2, 0.25) is 0 Å². The topological polar surface area (TPSA) is 61.1 Å². The molecule has 2 heterocycles. The third kappa shape index (κ3) is 3.93. The smallest absolute Gasteiger partial charge is 0.254 e. The highest BCUT2D eigenvalue weighted by atomic mass is 16.5. The molecule has 0 saturated carbocycles. The predicted molar refractivity (Wildman–Crippen MR) is 123 cm³/mol. The first-order chi connectivity index (χ1) is 15.0. The van der Waals surface area contributed by atoms with Crippen LogP contribution in [0.15, 0.2) is 61.2 Å². The monoisotopic (exact) mass is 416 g/mol. The summed E-state index contributed by atoms with van der Waals surface area (Å²) < 4.78 is 9.58. The van der Waals surface area contributed by atoms with Gasteiger partial charge in [-0.05, 0) is 56.2 Å². The SMILES string of the molecule is CCCn1c(C)c(C(=O)N[C@@H](C)c2ccc(-n3ccnc3)cc2)c2cc(OC)ccc21. The van der Waals surface area contributed by atoms with Crippen molar-refractivity contribution in [3.8, 4) is 11.4 Å². The Morgan fingerprint density at radius 2 is 1.97 bits per heavy atom. The molecule has 0 radical (unpaired) electrons. The van der Waals surface area contributed by atoms with Gasteiger partial charge in [0, 0.05) is 41.2 Å². The summed E-state index contributed by atoms with van der Waals surface area (Å²) in [4.78, 5) is 17.4. The molecule has 2 aromatic heterocycles. The van der Waals surface area contributed by atoms with Gasteiger partial charge in [0.15, 0.2) is 0 Å². The zero-order valence-electron chi connectivity index (χ0n) is 18.4. The van der Waals surface area contributed by atoms with E-state index in [0.717, 1.165) is 46.6 Å². The van der Waals surface area contributed by atoms with Crippen molar-refractivity contribution in [3.63, 3.8) is 0 Å². The number of hydrogen-bond donors (Lipinski definition) is 1. The highest BCUT2D eigenvalue weighted by Gasteiger charge is 2.22. The van der Waals surface area contributed by atoms with E-state index in [1.54, 1.807) is 19.6 Å². The Hall–Kier alpha value is -3.54. The second kappa shape index (κ2) is 8.68. The van der Waals surface area contributed by atoms with Gasteiger partial charge >= 0.3 is 0 Å². The fourth-order valence-electron chi connectivity index (χ4n) is 4.09. The molecule has 0 spiro atoms. The van der Waals surface area contributed by atoms with E-state index >= 15 is 0 Å². The van der Waals surface area contributed by atoms with Crippen LogP contribution in [0.3, 0.4) is 0 Å². The third-order valence-corrected chi connectivity index (χ3v) is 5.75. The number of carbonyl (C=O) groups is 1. The van der Waals surface area contributed by atoms with Gasteiger partial charge in [-0.1, -0.05) is 19.1 Å². The van der Waals surface area contributed by atoms with Gasteiger partial charge in [0.1, 0.15) is 5.75 Å². The summed E-state index contributed by atoms with van der Waals surface area (Å²) in [6.45, 7) is 7.03. The Bertz CT molecular complexity index is 1190. The summed E-state index contributed by atoms with van der Waals surface area (Å²) in [5, 5.41) is 4.10. The molecule has 0 fully saturated rings. The first-order valence-electron chi connectivity index (χ1n) is 10.6. The fourth-order valence-corrected chi connectivity index (χ4v) is 4.09. The summed E-state index contributed by atoms with van der Waals surface area (Å²) in [5.41, 5.74) is 4.83. The summed E-state index contributed by atoms with van der Waals surface area (Å²) in [6, 6.07) is 13.9. The van der Waals surface area contributed by atoms with E-state index in [0.29, 0.717) is 5.56 Å². The Kier molecular flexibility index (Phi) is 5.80. The van der Waals surface area contributed by atoms with Gasteiger partial charge in [-0.2, -0.15) is 0 Å². The van der Waals surface area contributed by atoms with Crippen LogP contribution in [0.2, 0.25) is 0 Å². The number of ether oxygens (including phenoxy) is 1. The highest BCUT2D eigenvalue weighted by Crippen LogP contribution is 2.30. The number of rotatable bonds is 7. The van der Waals surface area contributed by atoms with Crippen molar-refractivity contribution in [2.45, 2.75) is 39.8 Å². The molecule has 0 unspecified atom stereocenters. The Balaban J connectivity index is 1.62. The molecule has 0 aliphatic heterocycles. The van der Waals surface area contributed by atoms with Gasteiger partial charge in [0.25, 0.3) is 5.91 Å². The number of hydrogen-bond acceptors (Lipinski definition) is 3. The first kappa shape index (κ1) is 20.7. The van der Waals surface area contributed by atoms with Crippen LogP contribution >= 0.6 is 0 Å². The van der Waals surface area contributed by atoms with Crippen molar-refractivity contribution < 1.29 is 9.53 Å². The molecule has 6 heteroatoms. The van der Waals surface area contributed by atoms with Crippen LogP contribution in [0.25, 0.3) is 16.6 Å².